The molecular formula is C40H50F6N12O5. The van der Waals surface area contributed by atoms with Crippen LogP contribution in [0, 0.1) is 40.4 Å². The molecule has 0 aromatic carbocycles. The molecule has 4 amide bonds. The van der Waals surface area contributed by atoms with Crippen molar-refractivity contribution in [2.75, 3.05) is 37.9 Å². The predicted molar refractivity (Wildman–Crippen MR) is 209 cm³/mol. The topological polar surface area (TPSA) is 243 Å². The summed E-state index contributed by atoms with van der Waals surface area (Å²) in [5.74, 6) is -5.72. The zero-order chi connectivity index (χ0) is 45.9. The second-order valence-corrected chi connectivity index (χ2v) is 18.0. The predicted octanol–water partition coefficient (Wildman–Crippen LogP) is 4.13. The number of primary amides is 2. The number of methoxy groups -OCH3 is 1. The highest BCUT2D eigenvalue weighted by atomic mass is 19.4. The number of hydrogen-bond donors (Lipinski definition) is 4. The normalized spacial score (nSPS) is 28.9. The Bertz CT molecular complexity index is 2180. The van der Waals surface area contributed by atoms with Gasteiger partial charge in [0.15, 0.2) is 17.2 Å². The Labute approximate surface area is 358 Å². The van der Waals surface area contributed by atoms with E-state index in [9.17, 15) is 56.0 Å². The van der Waals surface area contributed by atoms with E-state index >= 15 is 0 Å². The molecule has 1 aliphatic heterocycles. The first-order valence-electron chi connectivity index (χ1n) is 20.9. The molecule has 5 fully saturated rings. The Balaban J connectivity index is 1.01. The maximum absolute atomic E-state index is 14.9. The van der Waals surface area contributed by atoms with E-state index in [2.05, 4.69) is 33.0 Å². The van der Waals surface area contributed by atoms with Gasteiger partial charge >= 0.3 is 12.4 Å². The van der Waals surface area contributed by atoms with Crippen molar-refractivity contribution in [1.82, 2.24) is 29.4 Å². The van der Waals surface area contributed by atoms with Crippen molar-refractivity contribution in [2.24, 2.45) is 29.2 Å². The van der Waals surface area contributed by atoms with Gasteiger partial charge in [0.1, 0.15) is 17.2 Å². The van der Waals surface area contributed by atoms with E-state index < -0.39 is 70.7 Å². The number of nitrogens with two attached hydrogens (primary N) is 2. The molecule has 3 atom stereocenters. The number of nitrogens with one attached hydrogen (secondary N) is 2. The van der Waals surface area contributed by atoms with E-state index in [-0.39, 0.29) is 98.7 Å². The lowest BCUT2D eigenvalue weighted by Gasteiger charge is -2.54. The molecule has 5 aliphatic rings. The zero-order valence-corrected chi connectivity index (χ0v) is 34.8. The summed E-state index contributed by atoms with van der Waals surface area (Å²) < 4.78 is 93.3. The van der Waals surface area contributed by atoms with Gasteiger partial charge in [0.25, 0.3) is 11.8 Å². The summed E-state index contributed by atoms with van der Waals surface area (Å²) >= 11 is 0. The highest BCUT2D eigenvalue weighted by molar-refractivity contribution is 6.03. The Hall–Kier alpha value is -5.26. The number of nitrogens with zero attached hydrogens (tertiary/aromatic N) is 8. The first kappa shape index (κ1) is 45.8. The number of carbonyl (C=O) groups is 4. The molecule has 4 saturated carbocycles. The smallest absolute Gasteiger partial charge is 0.366 e. The van der Waals surface area contributed by atoms with Crippen LogP contribution in [0.2, 0.25) is 0 Å². The summed E-state index contributed by atoms with van der Waals surface area (Å²) in [6.07, 6.45) is -3.34. The van der Waals surface area contributed by atoms with Gasteiger partial charge in [-0.3, -0.25) is 38.3 Å². The fourth-order valence-electron chi connectivity index (χ4n) is 10.0. The number of nitriles is 2. The number of amides is 4. The first-order chi connectivity index (χ1) is 29.6. The van der Waals surface area contributed by atoms with Crippen LogP contribution >= 0.6 is 0 Å². The van der Waals surface area contributed by atoms with Crippen LogP contribution in [0.3, 0.4) is 0 Å². The second-order valence-electron chi connectivity index (χ2n) is 18.0. The van der Waals surface area contributed by atoms with Crippen molar-refractivity contribution >= 4 is 35.3 Å². The van der Waals surface area contributed by atoms with E-state index in [1.807, 2.05) is 0 Å². The van der Waals surface area contributed by atoms with Crippen molar-refractivity contribution in [3.8, 4) is 12.1 Å². The molecule has 7 rings (SSSR count). The molecule has 23 heteroatoms. The number of anilines is 2. The molecule has 342 valence electrons. The van der Waals surface area contributed by atoms with E-state index in [4.69, 9.17) is 16.2 Å². The van der Waals surface area contributed by atoms with Crippen LogP contribution in [0.4, 0.5) is 38.0 Å². The van der Waals surface area contributed by atoms with E-state index in [0.29, 0.717) is 38.5 Å². The minimum atomic E-state index is -4.75. The third kappa shape index (κ3) is 8.71. The summed E-state index contributed by atoms with van der Waals surface area (Å²) in [7, 11) is 2.37. The molecule has 2 aromatic heterocycles. The van der Waals surface area contributed by atoms with Crippen molar-refractivity contribution in [3.63, 3.8) is 0 Å². The van der Waals surface area contributed by atoms with Gasteiger partial charge in [0.05, 0.1) is 36.1 Å². The van der Waals surface area contributed by atoms with Gasteiger partial charge in [-0.1, -0.05) is 0 Å². The second kappa shape index (κ2) is 16.7. The molecule has 6 N–H and O–H groups in total. The summed E-state index contributed by atoms with van der Waals surface area (Å²) in [5, 5.41) is 33.6. The van der Waals surface area contributed by atoms with Gasteiger partial charge in [-0.25, -0.2) is 0 Å². The van der Waals surface area contributed by atoms with Crippen LogP contribution in [0.15, 0.2) is 12.4 Å². The van der Waals surface area contributed by atoms with Crippen LogP contribution in [-0.2, 0) is 25.4 Å². The molecule has 4 aliphatic carbocycles. The third-order valence-electron chi connectivity index (χ3n) is 14.2. The largest absolute Gasteiger partial charge is 0.419 e. The number of aromatic nitrogens is 4. The lowest BCUT2D eigenvalue weighted by Crippen LogP contribution is -2.72. The van der Waals surface area contributed by atoms with Crippen LogP contribution in [0.5, 0.6) is 0 Å². The van der Waals surface area contributed by atoms with Gasteiger partial charge in [-0.2, -0.15) is 47.1 Å². The molecule has 17 nitrogen and oxygen atoms in total. The Kier molecular flexibility index (Phi) is 12.1. The number of hydrogen-bond acceptors (Lipinski definition) is 11. The molecular weight excluding hydrogens is 843 g/mol. The van der Waals surface area contributed by atoms with Crippen LogP contribution < -0.4 is 22.1 Å². The molecule has 63 heavy (non-hydrogen) atoms. The number of alkyl halides is 6. The molecule has 1 saturated heterocycles. The maximum Gasteiger partial charge on any atom is 0.419 e. The minimum Gasteiger partial charge on any atom is -0.366 e. The molecule has 0 bridgehead atoms. The Morgan fingerprint density at radius 3 is 1.73 bits per heavy atom. The molecule has 0 spiro atoms. The van der Waals surface area contributed by atoms with Crippen molar-refractivity contribution < 1.29 is 50.3 Å². The number of carbonyl (C=O) groups excluding carboxylic acids is 4. The SMILES string of the molecule is COC1(C(F)(F)F)CN([C@H]2CC[C@@](CC#N)(n3cc(C(N)=O)c(NC(=O)C4CC4C(N(C)C4CCC(CC#N)(n5cc(C(N)=O)c(NC(=O)C6CC6)n5)CC4)C(F)(F)F)n3)CC2)C1. The lowest BCUT2D eigenvalue weighted by molar-refractivity contribution is -0.316. The summed E-state index contributed by atoms with van der Waals surface area (Å²) in [4.78, 5) is 53.9. The van der Waals surface area contributed by atoms with Gasteiger partial charge < -0.3 is 26.8 Å². The van der Waals surface area contributed by atoms with Crippen molar-refractivity contribution in [2.45, 2.75) is 131 Å². The van der Waals surface area contributed by atoms with E-state index in [1.165, 1.54) is 33.7 Å². The summed E-state index contributed by atoms with van der Waals surface area (Å²) in [6.45, 7) is -0.667. The van der Waals surface area contributed by atoms with Crippen molar-refractivity contribution in [3.05, 3.63) is 23.5 Å². The average Bonchev–Trinajstić information content (AvgIpc) is 4.11. The monoisotopic (exact) mass is 892 g/mol. The van der Waals surface area contributed by atoms with Gasteiger partial charge in [-0.05, 0) is 83.6 Å². The third-order valence-corrected chi connectivity index (χ3v) is 14.2. The first-order valence-corrected chi connectivity index (χ1v) is 20.9. The Morgan fingerprint density at radius 1 is 0.841 bits per heavy atom. The summed E-state index contributed by atoms with van der Waals surface area (Å²) in [5.41, 5.74) is 6.71. The highest BCUT2D eigenvalue weighted by Crippen LogP contribution is 2.51. The Morgan fingerprint density at radius 2 is 1.32 bits per heavy atom. The van der Waals surface area contributed by atoms with Gasteiger partial charge in [0.2, 0.25) is 11.8 Å². The quantitative estimate of drug-likeness (QED) is 0.185. The number of halogens is 6. The molecule has 2 aromatic rings. The highest BCUT2D eigenvalue weighted by Gasteiger charge is 2.64. The standard InChI is InChI=1S/C40H50F6N12O5/c1-55(23-5-9-36(10-6-23,13-15-47)57-18-27(30(49)59)32(53-57)51-34(61)22-3-4-22)29(39(41,42)43)25-17-26(25)35(62)52-33-28(31(50)60)19-58(54-33)37(14-16-48)11-7-24(8-12-37)56-20-38(21-56,63-2)40(44,45)46/h18-19,22-26,29H,3-14,17,20-21H2,1-2H3,(H2,49,59)(H2,50,60)(H,51,53,61)(H,52,54,62)/t23?,24-,25?,26?,29?,36?,37+. The maximum atomic E-state index is 14.9. The van der Waals surface area contributed by atoms with Gasteiger partial charge in [-0.15, -0.1) is 0 Å². The van der Waals surface area contributed by atoms with Crippen LogP contribution in [-0.4, -0.2) is 116 Å². The lowest BCUT2D eigenvalue weighted by atomic mass is 9.75. The fourth-order valence-corrected chi connectivity index (χ4v) is 10.0. The average molecular weight is 893 g/mol. The van der Waals surface area contributed by atoms with Crippen LogP contribution in [0.25, 0.3) is 0 Å². The number of likely N-dealkylation sites (tertiary alicyclic amines) is 1. The zero-order valence-electron chi connectivity index (χ0n) is 34.8. The molecule has 3 heterocycles. The van der Waals surface area contributed by atoms with Crippen LogP contribution in [0.1, 0.15) is 104 Å². The molecule has 3 unspecified atom stereocenters. The van der Waals surface area contributed by atoms with E-state index in [1.54, 1.807) is 4.90 Å². The summed E-state index contributed by atoms with van der Waals surface area (Å²) in [6, 6.07) is 1.36. The molecule has 0 radical (unpaired) electrons. The number of ether oxygens (including phenoxy) is 1. The van der Waals surface area contributed by atoms with Crippen molar-refractivity contribution in [1.29, 1.82) is 10.5 Å². The van der Waals surface area contributed by atoms with E-state index in [0.717, 1.165) is 7.11 Å². The minimum absolute atomic E-state index is 0.0401. The fraction of sp³-hybridized carbons (Fsp3) is 0.700. The van der Waals surface area contributed by atoms with Gasteiger partial charge in [0, 0.05) is 56.5 Å². The number of rotatable bonds is 15.